The van der Waals surface area contributed by atoms with Gasteiger partial charge in [0.2, 0.25) is 0 Å². The van der Waals surface area contributed by atoms with Gasteiger partial charge in [0.25, 0.3) is 5.91 Å². The maximum atomic E-state index is 13.0. The highest BCUT2D eigenvalue weighted by Gasteiger charge is 2.24. The van der Waals surface area contributed by atoms with E-state index in [2.05, 4.69) is 0 Å². The van der Waals surface area contributed by atoms with Crippen molar-refractivity contribution < 1.29 is 9.90 Å². The molecule has 0 spiro atoms. The summed E-state index contributed by atoms with van der Waals surface area (Å²) in [4.78, 5) is 14.7. The molecule has 0 radical (unpaired) electrons. The summed E-state index contributed by atoms with van der Waals surface area (Å²) in [6.07, 6.45) is -1.25. The van der Waals surface area contributed by atoms with E-state index in [9.17, 15) is 9.90 Å². The SMILES string of the molecule is O=C(C(O)c1cccc(Cl)c1)N(Cc1ccccc1)Cc1ccccc1. The molecule has 26 heavy (non-hydrogen) atoms. The van der Waals surface area contributed by atoms with Crippen molar-refractivity contribution in [1.82, 2.24) is 4.90 Å². The third-order valence-corrected chi connectivity index (χ3v) is 4.38. The standard InChI is InChI=1S/C22H20ClNO2/c23-20-13-7-12-19(14-20)21(25)22(26)24(15-17-8-3-1-4-9-17)16-18-10-5-2-6-11-18/h1-14,21,25H,15-16H2. The summed E-state index contributed by atoms with van der Waals surface area (Å²) in [5, 5.41) is 11.1. The number of hydrogen-bond acceptors (Lipinski definition) is 2. The summed E-state index contributed by atoms with van der Waals surface area (Å²) in [7, 11) is 0. The van der Waals surface area contributed by atoms with E-state index in [1.807, 2.05) is 60.7 Å². The van der Waals surface area contributed by atoms with Gasteiger partial charge in [0.1, 0.15) is 0 Å². The Morgan fingerprint density at radius 3 is 1.88 bits per heavy atom. The lowest BCUT2D eigenvalue weighted by molar-refractivity contribution is -0.141. The number of halogens is 1. The van der Waals surface area contributed by atoms with Crippen molar-refractivity contribution in [2.75, 3.05) is 0 Å². The normalized spacial score (nSPS) is 11.8. The molecule has 0 heterocycles. The molecule has 0 fully saturated rings. The van der Waals surface area contributed by atoms with Gasteiger partial charge >= 0.3 is 0 Å². The first-order valence-corrected chi connectivity index (χ1v) is 8.81. The van der Waals surface area contributed by atoms with Crippen LogP contribution in [-0.4, -0.2) is 15.9 Å². The summed E-state index contributed by atoms with van der Waals surface area (Å²) in [5.74, 6) is -0.347. The van der Waals surface area contributed by atoms with E-state index >= 15 is 0 Å². The Bertz CT molecular complexity index is 811. The highest BCUT2D eigenvalue weighted by atomic mass is 35.5. The lowest BCUT2D eigenvalue weighted by atomic mass is 10.1. The van der Waals surface area contributed by atoms with Crippen LogP contribution < -0.4 is 0 Å². The predicted octanol–water partition coefficient (Wildman–Crippen LogP) is 4.60. The van der Waals surface area contributed by atoms with E-state index in [-0.39, 0.29) is 5.91 Å². The fraction of sp³-hybridized carbons (Fsp3) is 0.136. The number of benzene rings is 3. The minimum atomic E-state index is -1.25. The zero-order chi connectivity index (χ0) is 18.4. The third-order valence-electron chi connectivity index (χ3n) is 4.14. The molecule has 1 N–H and O–H groups in total. The molecule has 0 aliphatic carbocycles. The van der Waals surface area contributed by atoms with Gasteiger partial charge in [0, 0.05) is 18.1 Å². The maximum absolute atomic E-state index is 13.0. The van der Waals surface area contributed by atoms with E-state index in [0.717, 1.165) is 11.1 Å². The Hall–Kier alpha value is -2.62. The van der Waals surface area contributed by atoms with Crippen LogP contribution in [0.5, 0.6) is 0 Å². The lowest BCUT2D eigenvalue weighted by Gasteiger charge is -2.26. The summed E-state index contributed by atoms with van der Waals surface area (Å²) in [6, 6.07) is 26.3. The van der Waals surface area contributed by atoms with Gasteiger partial charge in [-0.15, -0.1) is 0 Å². The van der Waals surface area contributed by atoms with E-state index in [0.29, 0.717) is 23.7 Å². The Morgan fingerprint density at radius 1 is 0.846 bits per heavy atom. The van der Waals surface area contributed by atoms with Crippen molar-refractivity contribution in [3.8, 4) is 0 Å². The van der Waals surface area contributed by atoms with E-state index < -0.39 is 6.10 Å². The van der Waals surface area contributed by atoms with E-state index in [4.69, 9.17) is 11.6 Å². The summed E-state index contributed by atoms with van der Waals surface area (Å²) >= 11 is 6.00. The molecule has 3 aromatic rings. The van der Waals surface area contributed by atoms with Gasteiger partial charge < -0.3 is 10.0 Å². The van der Waals surface area contributed by atoms with Crippen LogP contribution in [0.2, 0.25) is 5.02 Å². The van der Waals surface area contributed by atoms with Gasteiger partial charge in [-0.2, -0.15) is 0 Å². The third kappa shape index (κ3) is 4.72. The predicted molar refractivity (Wildman–Crippen MR) is 104 cm³/mol. The summed E-state index contributed by atoms with van der Waals surface area (Å²) in [5.41, 5.74) is 2.51. The van der Waals surface area contributed by atoms with Crippen LogP contribution >= 0.6 is 11.6 Å². The number of aliphatic hydroxyl groups is 1. The van der Waals surface area contributed by atoms with Crippen molar-refractivity contribution >= 4 is 17.5 Å². The van der Waals surface area contributed by atoms with Crippen LogP contribution in [0.15, 0.2) is 84.9 Å². The second kappa shape index (κ2) is 8.65. The molecular weight excluding hydrogens is 346 g/mol. The Labute approximate surface area is 158 Å². The number of rotatable bonds is 6. The molecular formula is C22H20ClNO2. The Morgan fingerprint density at radius 2 is 1.38 bits per heavy atom. The molecule has 3 rings (SSSR count). The minimum absolute atomic E-state index is 0.347. The molecule has 0 saturated carbocycles. The highest BCUT2D eigenvalue weighted by Crippen LogP contribution is 2.22. The zero-order valence-corrected chi connectivity index (χ0v) is 15.0. The van der Waals surface area contributed by atoms with Gasteiger partial charge in [0.15, 0.2) is 6.10 Å². The second-order valence-electron chi connectivity index (χ2n) is 6.12. The van der Waals surface area contributed by atoms with Crippen molar-refractivity contribution in [3.63, 3.8) is 0 Å². The van der Waals surface area contributed by atoms with Crippen LogP contribution in [-0.2, 0) is 17.9 Å². The number of carbonyl (C=O) groups is 1. The van der Waals surface area contributed by atoms with Crippen LogP contribution in [0.1, 0.15) is 22.8 Å². The average Bonchev–Trinajstić information content (AvgIpc) is 2.68. The number of nitrogens with zero attached hydrogens (tertiary/aromatic N) is 1. The van der Waals surface area contributed by atoms with Crippen LogP contribution in [0, 0.1) is 0 Å². The molecule has 3 nitrogen and oxygen atoms in total. The fourth-order valence-corrected chi connectivity index (χ4v) is 3.01. The first-order valence-electron chi connectivity index (χ1n) is 8.43. The number of aliphatic hydroxyl groups excluding tert-OH is 1. The van der Waals surface area contributed by atoms with Gasteiger partial charge in [-0.05, 0) is 28.8 Å². The van der Waals surface area contributed by atoms with Crippen molar-refractivity contribution in [2.45, 2.75) is 19.2 Å². The molecule has 3 aromatic carbocycles. The van der Waals surface area contributed by atoms with Crippen molar-refractivity contribution in [3.05, 3.63) is 107 Å². The van der Waals surface area contributed by atoms with Crippen LogP contribution in [0.3, 0.4) is 0 Å². The number of hydrogen-bond donors (Lipinski definition) is 1. The molecule has 0 aliphatic rings. The molecule has 0 aliphatic heterocycles. The molecule has 4 heteroatoms. The summed E-state index contributed by atoms with van der Waals surface area (Å²) < 4.78 is 0. The van der Waals surface area contributed by atoms with E-state index in [1.165, 1.54) is 0 Å². The van der Waals surface area contributed by atoms with Crippen molar-refractivity contribution in [1.29, 1.82) is 0 Å². The molecule has 0 saturated heterocycles. The second-order valence-corrected chi connectivity index (χ2v) is 6.56. The van der Waals surface area contributed by atoms with Gasteiger partial charge in [0.05, 0.1) is 0 Å². The molecule has 0 bridgehead atoms. The smallest absolute Gasteiger partial charge is 0.256 e. The van der Waals surface area contributed by atoms with E-state index in [1.54, 1.807) is 29.2 Å². The largest absolute Gasteiger partial charge is 0.378 e. The first kappa shape index (κ1) is 18.2. The quantitative estimate of drug-likeness (QED) is 0.693. The van der Waals surface area contributed by atoms with Crippen LogP contribution in [0.4, 0.5) is 0 Å². The molecule has 1 unspecified atom stereocenters. The fourth-order valence-electron chi connectivity index (χ4n) is 2.81. The lowest BCUT2D eigenvalue weighted by Crippen LogP contribution is -2.34. The minimum Gasteiger partial charge on any atom is -0.378 e. The average molecular weight is 366 g/mol. The van der Waals surface area contributed by atoms with Gasteiger partial charge in [-0.25, -0.2) is 0 Å². The molecule has 132 valence electrons. The molecule has 0 aromatic heterocycles. The monoisotopic (exact) mass is 365 g/mol. The number of amides is 1. The summed E-state index contributed by atoms with van der Waals surface area (Å²) in [6.45, 7) is 0.846. The van der Waals surface area contributed by atoms with Gasteiger partial charge in [-0.1, -0.05) is 84.4 Å². The highest BCUT2D eigenvalue weighted by molar-refractivity contribution is 6.30. The molecule has 1 atom stereocenters. The Kier molecular flexibility index (Phi) is 6.05. The Balaban J connectivity index is 1.84. The molecule has 1 amide bonds. The van der Waals surface area contributed by atoms with Crippen LogP contribution in [0.25, 0.3) is 0 Å². The zero-order valence-electron chi connectivity index (χ0n) is 14.3. The maximum Gasteiger partial charge on any atom is 0.256 e. The number of carbonyl (C=O) groups excluding carboxylic acids is 1. The van der Waals surface area contributed by atoms with Gasteiger partial charge in [-0.3, -0.25) is 4.79 Å². The first-order chi connectivity index (χ1) is 12.6. The van der Waals surface area contributed by atoms with Crippen molar-refractivity contribution in [2.24, 2.45) is 0 Å². The topological polar surface area (TPSA) is 40.5 Å².